The number of aliphatic hydroxyl groups is 1. The van der Waals surface area contributed by atoms with E-state index in [2.05, 4.69) is 6.58 Å². The fourth-order valence-electron chi connectivity index (χ4n) is 1.63. The van der Waals surface area contributed by atoms with Crippen molar-refractivity contribution in [2.75, 3.05) is 53.0 Å². The summed E-state index contributed by atoms with van der Waals surface area (Å²) in [6.07, 6.45) is 0. The Morgan fingerprint density at radius 2 is 2.00 bits per heavy atom. The molecule has 0 aromatic rings. The van der Waals surface area contributed by atoms with E-state index >= 15 is 0 Å². The summed E-state index contributed by atoms with van der Waals surface area (Å²) in [5.41, 5.74) is 0.968. The van der Waals surface area contributed by atoms with Crippen LogP contribution >= 0.6 is 0 Å². The molecule has 0 heterocycles. The molecule has 0 spiro atoms. The number of hydrogen-bond donors (Lipinski definition) is 1. The van der Waals surface area contributed by atoms with Gasteiger partial charge in [0.15, 0.2) is 0 Å². The summed E-state index contributed by atoms with van der Waals surface area (Å²) in [5.74, 6) is 0.0602. The zero-order valence-corrected chi connectivity index (χ0v) is 11.8. The third kappa shape index (κ3) is 7.42. The monoisotopic (exact) mass is 258 g/mol. The molecule has 0 bridgehead atoms. The second-order valence-corrected chi connectivity index (χ2v) is 4.36. The van der Waals surface area contributed by atoms with Crippen LogP contribution in [0.15, 0.2) is 12.2 Å². The van der Waals surface area contributed by atoms with Gasteiger partial charge in [0.05, 0.1) is 19.8 Å². The van der Waals surface area contributed by atoms with E-state index < -0.39 is 0 Å². The molecule has 0 radical (unpaired) electrons. The summed E-state index contributed by atoms with van der Waals surface area (Å²) < 4.78 is 4.99. The van der Waals surface area contributed by atoms with Gasteiger partial charge in [0, 0.05) is 33.3 Å². The molecule has 0 saturated heterocycles. The summed E-state index contributed by atoms with van der Waals surface area (Å²) >= 11 is 0. The minimum atomic E-state index is 0.0452. The highest BCUT2D eigenvalue weighted by Gasteiger charge is 2.15. The van der Waals surface area contributed by atoms with Crippen LogP contribution in [0.1, 0.15) is 13.8 Å². The Morgan fingerprint density at radius 1 is 1.33 bits per heavy atom. The molecule has 0 fully saturated rings. The van der Waals surface area contributed by atoms with Crippen LogP contribution < -0.4 is 0 Å². The fourth-order valence-corrected chi connectivity index (χ4v) is 1.63. The van der Waals surface area contributed by atoms with E-state index in [1.807, 2.05) is 18.7 Å². The number of amides is 1. The number of carbonyl (C=O) groups excluding carboxylic acids is 1. The maximum absolute atomic E-state index is 12.1. The van der Waals surface area contributed by atoms with Crippen LogP contribution in [-0.2, 0) is 9.53 Å². The maximum Gasteiger partial charge on any atom is 0.237 e. The zero-order valence-electron chi connectivity index (χ0n) is 11.8. The molecule has 5 nitrogen and oxygen atoms in total. The predicted molar refractivity (Wildman–Crippen MR) is 72.5 cm³/mol. The van der Waals surface area contributed by atoms with E-state index in [4.69, 9.17) is 9.84 Å². The second-order valence-electron chi connectivity index (χ2n) is 4.36. The summed E-state index contributed by atoms with van der Waals surface area (Å²) in [5, 5.41) is 8.97. The van der Waals surface area contributed by atoms with Gasteiger partial charge in [-0.2, -0.15) is 0 Å². The first-order valence-electron chi connectivity index (χ1n) is 6.29. The van der Waals surface area contributed by atoms with Gasteiger partial charge >= 0.3 is 0 Å². The number of nitrogens with zero attached hydrogens (tertiary/aromatic N) is 2. The molecule has 1 amide bonds. The number of ether oxygens (including phenoxy) is 1. The van der Waals surface area contributed by atoms with E-state index in [0.717, 1.165) is 5.57 Å². The van der Waals surface area contributed by atoms with Gasteiger partial charge in [0.25, 0.3) is 0 Å². The van der Waals surface area contributed by atoms with Crippen molar-refractivity contribution in [3.8, 4) is 0 Å². The molecule has 0 aromatic heterocycles. The molecule has 0 aromatic carbocycles. The number of aliphatic hydroxyl groups excluding tert-OH is 1. The Hall–Kier alpha value is -0.910. The van der Waals surface area contributed by atoms with E-state index in [1.165, 1.54) is 0 Å². The topological polar surface area (TPSA) is 53.0 Å². The van der Waals surface area contributed by atoms with Crippen LogP contribution in [0.4, 0.5) is 0 Å². The van der Waals surface area contributed by atoms with Gasteiger partial charge in [-0.1, -0.05) is 12.2 Å². The van der Waals surface area contributed by atoms with Gasteiger partial charge in [-0.25, -0.2) is 0 Å². The van der Waals surface area contributed by atoms with Crippen LogP contribution in [-0.4, -0.2) is 73.9 Å². The normalized spacial score (nSPS) is 10.7. The molecule has 0 aliphatic heterocycles. The number of likely N-dealkylation sites (N-methyl/N-ethyl adjacent to an activating group) is 1. The van der Waals surface area contributed by atoms with Crippen molar-refractivity contribution in [1.82, 2.24) is 9.80 Å². The SMILES string of the molecule is C=C(C)CN(CC)C(=O)CN(CCO)CCOC. The molecule has 0 atom stereocenters. The quantitative estimate of drug-likeness (QED) is 0.575. The first-order chi connectivity index (χ1) is 8.54. The fraction of sp³-hybridized carbons (Fsp3) is 0.769. The van der Waals surface area contributed by atoms with Gasteiger partial charge < -0.3 is 14.7 Å². The highest BCUT2D eigenvalue weighted by molar-refractivity contribution is 5.78. The van der Waals surface area contributed by atoms with Crippen LogP contribution in [0.3, 0.4) is 0 Å². The Balaban J connectivity index is 4.31. The molecule has 5 heteroatoms. The van der Waals surface area contributed by atoms with Crippen molar-refractivity contribution in [2.24, 2.45) is 0 Å². The third-order valence-corrected chi connectivity index (χ3v) is 2.58. The predicted octanol–water partition coefficient (Wildman–Crippen LogP) is 0.352. The number of methoxy groups -OCH3 is 1. The first-order valence-corrected chi connectivity index (χ1v) is 6.29. The molecule has 0 rings (SSSR count). The van der Waals surface area contributed by atoms with Gasteiger partial charge in [-0.3, -0.25) is 9.69 Å². The standard InChI is InChI=1S/C13H26N2O3/c1-5-15(10-12(2)3)13(17)11-14(6-8-16)7-9-18-4/h16H,2,5-11H2,1,3-4H3. The molecule has 1 N–H and O–H groups in total. The molecule has 106 valence electrons. The number of hydrogen-bond acceptors (Lipinski definition) is 4. The van der Waals surface area contributed by atoms with E-state index in [1.54, 1.807) is 12.0 Å². The van der Waals surface area contributed by atoms with Crippen molar-refractivity contribution < 1.29 is 14.6 Å². The summed E-state index contributed by atoms with van der Waals surface area (Å²) in [7, 11) is 1.62. The van der Waals surface area contributed by atoms with Crippen LogP contribution in [0, 0.1) is 0 Å². The Bertz CT molecular complexity index is 257. The summed E-state index contributed by atoms with van der Waals surface area (Å²) in [6.45, 7) is 11.0. The van der Waals surface area contributed by atoms with Gasteiger partial charge in [-0.15, -0.1) is 0 Å². The van der Waals surface area contributed by atoms with Crippen molar-refractivity contribution in [3.63, 3.8) is 0 Å². The summed E-state index contributed by atoms with van der Waals surface area (Å²) in [6, 6.07) is 0. The molecular weight excluding hydrogens is 232 g/mol. The smallest absolute Gasteiger partial charge is 0.237 e. The molecule has 0 aliphatic rings. The van der Waals surface area contributed by atoms with E-state index in [0.29, 0.717) is 39.3 Å². The average Bonchev–Trinajstić information content (AvgIpc) is 2.32. The largest absolute Gasteiger partial charge is 0.395 e. The van der Waals surface area contributed by atoms with Gasteiger partial charge in [0.1, 0.15) is 0 Å². The van der Waals surface area contributed by atoms with Gasteiger partial charge in [0.2, 0.25) is 5.91 Å². The minimum Gasteiger partial charge on any atom is -0.395 e. The summed E-state index contributed by atoms with van der Waals surface area (Å²) in [4.78, 5) is 15.7. The Morgan fingerprint density at radius 3 is 2.44 bits per heavy atom. The molecule has 0 saturated carbocycles. The van der Waals surface area contributed by atoms with Crippen LogP contribution in [0.5, 0.6) is 0 Å². The number of carbonyl (C=O) groups is 1. The second kappa shape index (κ2) is 10.1. The van der Waals surface area contributed by atoms with Crippen LogP contribution in [0.2, 0.25) is 0 Å². The van der Waals surface area contributed by atoms with Crippen molar-refractivity contribution >= 4 is 5.91 Å². The zero-order chi connectivity index (χ0) is 14.0. The van der Waals surface area contributed by atoms with E-state index in [9.17, 15) is 4.79 Å². The lowest BCUT2D eigenvalue weighted by molar-refractivity contribution is -0.132. The van der Waals surface area contributed by atoms with Crippen molar-refractivity contribution in [2.45, 2.75) is 13.8 Å². The first kappa shape index (κ1) is 17.1. The highest BCUT2D eigenvalue weighted by Crippen LogP contribution is 1.99. The minimum absolute atomic E-state index is 0.0452. The van der Waals surface area contributed by atoms with Crippen molar-refractivity contribution in [3.05, 3.63) is 12.2 Å². The lowest BCUT2D eigenvalue weighted by atomic mass is 10.3. The lowest BCUT2D eigenvalue weighted by Crippen LogP contribution is -2.43. The lowest BCUT2D eigenvalue weighted by Gasteiger charge is -2.26. The molecule has 0 unspecified atom stereocenters. The highest BCUT2D eigenvalue weighted by atomic mass is 16.5. The van der Waals surface area contributed by atoms with Gasteiger partial charge in [-0.05, 0) is 13.8 Å². The Labute approximate surface area is 110 Å². The third-order valence-electron chi connectivity index (χ3n) is 2.58. The molecular formula is C13H26N2O3. The molecule has 0 aliphatic carbocycles. The van der Waals surface area contributed by atoms with Crippen LogP contribution in [0.25, 0.3) is 0 Å². The van der Waals surface area contributed by atoms with Crippen molar-refractivity contribution in [1.29, 1.82) is 0 Å². The number of rotatable bonds is 10. The Kier molecular flexibility index (Phi) is 9.55. The molecule has 18 heavy (non-hydrogen) atoms. The van der Waals surface area contributed by atoms with E-state index in [-0.39, 0.29) is 12.5 Å². The average molecular weight is 258 g/mol. The maximum atomic E-state index is 12.1.